The van der Waals surface area contributed by atoms with Crippen LogP contribution in [0.25, 0.3) is 0 Å². The van der Waals surface area contributed by atoms with Gasteiger partial charge in [0.2, 0.25) is 11.2 Å². The zero-order chi connectivity index (χ0) is 14.6. The molecule has 6 nitrogen and oxygen atoms in total. The van der Waals surface area contributed by atoms with Crippen LogP contribution in [0.5, 0.6) is 5.88 Å². The number of aliphatic imine (C=N–C) groups is 2. The molecule has 1 aliphatic heterocycles. The molecular weight excluding hydrogens is 395 g/mol. The molecule has 0 aliphatic carbocycles. The van der Waals surface area contributed by atoms with Gasteiger partial charge in [-0.25, -0.2) is 9.98 Å². The van der Waals surface area contributed by atoms with Gasteiger partial charge >= 0.3 is 0 Å². The Bertz CT molecular complexity index is 581. The molecule has 1 aromatic rings. The summed E-state index contributed by atoms with van der Waals surface area (Å²) in [5, 5.41) is 12.8. The minimum absolute atomic E-state index is 0.164. The van der Waals surface area contributed by atoms with Gasteiger partial charge in [-0.15, -0.1) is 0 Å². The van der Waals surface area contributed by atoms with Crippen molar-refractivity contribution in [2.45, 2.75) is 19.4 Å². The van der Waals surface area contributed by atoms with Gasteiger partial charge in [-0.3, -0.25) is 0 Å². The average Bonchev–Trinajstić information content (AvgIpc) is 2.36. The van der Waals surface area contributed by atoms with Crippen LogP contribution in [-0.2, 0) is 0 Å². The molecule has 2 rings (SSSR count). The van der Waals surface area contributed by atoms with Crippen molar-refractivity contribution in [3.63, 3.8) is 0 Å². The zero-order valence-electron chi connectivity index (χ0n) is 11.0. The predicted molar refractivity (Wildman–Crippen MR) is 89.6 cm³/mol. The van der Waals surface area contributed by atoms with E-state index in [9.17, 15) is 5.11 Å². The van der Waals surface area contributed by atoms with Crippen molar-refractivity contribution in [1.29, 1.82) is 0 Å². The third-order valence-electron chi connectivity index (χ3n) is 2.02. The van der Waals surface area contributed by atoms with Gasteiger partial charge in [-0.1, -0.05) is 6.07 Å². The average molecular weight is 409 g/mol. The van der Waals surface area contributed by atoms with Gasteiger partial charge in [-0.2, -0.15) is 4.98 Å². The van der Waals surface area contributed by atoms with Gasteiger partial charge in [0.1, 0.15) is 6.61 Å². The van der Waals surface area contributed by atoms with E-state index in [-0.39, 0.29) is 6.61 Å². The van der Waals surface area contributed by atoms with E-state index >= 15 is 0 Å². The Morgan fingerprint density at radius 2 is 2.30 bits per heavy atom. The number of pyridine rings is 1. The van der Waals surface area contributed by atoms with Crippen molar-refractivity contribution in [2.75, 3.05) is 6.61 Å². The minimum atomic E-state index is -0.904. The second-order valence-corrected chi connectivity index (χ2v) is 7.15. The lowest BCUT2D eigenvalue weighted by molar-refractivity contribution is 0.0269. The summed E-state index contributed by atoms with van der Waals surface area (Å²) in [5.74, 6) is 0.951. The molecule has 108 valence electrons. The quantitative estimate of drug-likeness (QED) is 0.591. The van der Waals surface area contributed by atoms with Crippen molar-refractivity contribution < 1.29 is 9.84 Å². The van der Waals surface area contributed by atoms with Crippen molar-refractivity contribution in [3.05, 3.63) is 18.2 Å². The summed E-state index contributed by atoms with van der Waals surface area (Å²) in [6.45, 7) is 3.51. The first-order valence-electron chi connectivity index (χ1n) is 5.79. The van der Waals surface area contributed by atoms with Gasteiger partial charge in [0.05, 0.1) is 9.74 Å². The topological polar surface area (TPSA) is 79.1 Å². The number of nitrogens with zero attached hydrogens (tertiary/aromatic N) is 3. The van der Waals surface area contributed by atoms with Crippen LogP contribution in [0.1, 0.15) is 13.8 Å². The van der Waals surface area contributed by atoms with Crippen LogP contribution in [0.15, 0.2) is 28.2 Å². The van der Waals surface area contributed by atoms with Gasteiger partial charge in [0.15, 0.2) is 9.66 Å². The van der Waals surface area contributed by atoms with E-state index in [4.69, 9.17) is 16.3 Å². The monoisotopic (exact) mass is 408 g/mol. The molecule has 0 saturated carbocycles. The summed E-state index contributed by atoms with van der Waals surface area (Å²) < 4.78 is 7.98. The largest absolute Gasteiger partial charge is 0.475 e. The van der Waals surface area contributed by atoms with Crippen LogP contribution in [0.2, 0.25) is 0 Å². The number of hydrogen-bond acceptors (Lipinski definition) is 5. The molecule has 0 atom stereocenters. The van der Waals surface area contributed by atoms with Crippen molar-refractivity contribution in [2.24, 2.45) is 9.98 Å². The molecule has 0 fully saturated rings. The second-order valence-electron chi connectivity index (χ2n) is 4.59. The molecule has 0 aromatic carbocycles. The number of rotatable bonds is 4. The number of aromatic nitrogens is 1. The molecule has 0 radical (unpaired) electrons. The predicted octanol–water partition coefficient (Wildman–Crippen LogP) is 2.15. The minimum Gasteiger partial charge on any atom is -0.475 e. The first-order chi connectivity index (χ1) is 9.42. The smallest absolute Gasteiger partial charge is 0.215 e. The molecule has 2 N–H and O–H groups in total. The molecule has 0 amide bonds. The highest BCUT2D eigenvalue weighted by Gasteiger charge is 2.13. The van der Waals surface area contributed by atoms with Gasteiger partial charge in [-0.05, 0) is 52.2 Å². The van der Waals surface area contributed by atoms with Crippen molar-refractivity contribution in [3.8, 4) is 5.88 Å². The Balaban J connectivity index is 2.08. The summed E-state index contributed by atoms with van der Waals surface area (Å²) in [7, 11) is 0. The van der Waals surface area contributed by atoms with E-state index in [1.54, 1.807) is 36.2 Å². The standard InChI is InChI=1S/C12H14ClIN4O2/c1-12(2,19)6-20-9-5-3-4-8(16-9)17-11-14-7-15-10(13)18-11/h3-5,7,19H,6H2,1-2H3,(H,15,16,17,18). The highest BCUT2D eigenvalue weighted by Crippen LogP contribution is 2.18. The Morgan fingerprint density at radius 3 is 3.00 bits per heavy atom. The molecule has 20 heavy (non-hydrogen) atoms. The number of halogens is 2. The lowest BCUT2D eigenvalue weighted by atomic mass is 10.2. The first kappa shape index (κ1) is 15.3. The Hall–Kier alpha value is -1.06. The maximum absolute atomic E-state index is 9.62. The number of hydrogen-bond donors (Lipinski definition) is 2. The summed E-state index contributed by atoms with van der Waals surface area (Å²) in [6.07, 6.45) is 0. The summed E-state index contributed by atoms with van der Waals surface area (Å²) in [5.41, 5.74) is -0.904. The van der Waals surface area contributed by atoms with Crippen LogP contribution < -0.4 is 10.1 Å². The molecule has 0 unspecified atom stereocenters. The van der Waals surface area contributed by atoms with Gasteiger partial charge in [0.25, 0.3) is 0 Å². The Morgan fingerprint density at radius 1 is 1.50 bits per heavy atom. The maximum atomic E-state index is 9.62. The lowest BCUT2D eigenvalue weighted by Gasteiger charge is -2.17. The third-order valence-corrected chi connectivity index (χ3v) is 3.87. The summed E-state index contributed by atoms with van der Waals surface area (Å²) in [4.78, 5) is 12.6. The second kappa shape index (κ2) is 6.59. The first-order valence-corrected chi connectivity index (χ1v) is 8.49. The van der Waals surface area contributed by atoms with Crippen molar-refractivity contribution in [1.82, 2.24) is 10.3 Å². The van der Waals surface area contributed by atoms with Crippen LogP contribution in [0.3, 0.4) is 0 Å². The SMILES string of the molecule is CC(C)(O)COc1cccc(N=C2NC(Cl)=NC=I2)n1. The Labute approximate surface area is 131 Å². The molecule has 2 heterocycles. The molecule has 0 saturated heterocycles. The van der Waals surface area contributed by atoms with Crippen LogP contribution in [0.4, 0.5) is 5.82 Å². The van der Waals surface area contributed by atoms with Crippen LogP contribution >= 0.6 is 32.3 Å². The number of aliphatic hydroxyl groups is 1. The highest BCUT2D eigenvalue weighted by molar-refractivity contribution is 14.2. The summed E-state index contributed by atoms with van der Waals surface area (Å²) >= 11 is 5.36. The van der Waals surface area contributed by atoms with E-state index < -0.39 is 26.3 Å². The molecule has 0 spiro atoms. The maximum Gasteiger partial charge on any atom is 0.215 e. The third kappa shape index (κ3) is 5.14. The molecule has 1 aliphatic rings. The van der Waals surface area contributed by atoms with E-state index in [0.29, 0.717) is 17.0 Å². The van der Waals surface area contributed by atoms with Crippen molar-refractivity contribution >= 4 is 51.4 Å². The van der Waals surface area contributed by atoms with Gasteiger partial charge < -0.3 is 15.2 Å². The molecule has 8 heteroatoms. The number of amidine groups is 2. The fourth-order valence-electron chi connectivity index (χ4n) is 1.21. The number of ether oxygens (including phenoxy) is 1. The molecular formula is C12H14ClIN4O2. The van der Waals surface area contributed by atoms with Crippen LogP contribution in [-0.4, -0.2) is 35.6 Å². The van der Waals surface area contributed by atoms with Gasteiger partial charge in [0, 0.05) is 6.07 Å². The zero-order valence-corrected chi connectivity index (χ0v) is 13.9. The van der Waals surface area contributed by atoms with Crippen LogP contribution in [0, 0.1) is 0 Å². The van der Waals surface area contributed by atoms with E-state index in [2.05, 4.69) is 20.3 Å². The summed E-state index contributed by atoms with van der Waals surface area (Å²) in [6, 6.07) is 5.29. The lowest BCUT2D eigenvalue weighted by Crippen LogP contribution is -2.28. The fraction of sp³-hybridized carbons (Fsp3) is 0.333. The Kier molecular flexibility index (Phi) is 5.06. The molecule has 1 aromatic heterocycles. The van der Waals surface area contributed by atoms with E-state index in [1.165, 1.54) is 0 Å². The highest BCUT2D eigenvalue weighted by atomic mass is 127. The number of nitrogens with one attached hydrogen (secondary N) is 1. The normalized spacial score (nSPS) is 17.2. The fourth-order valence-corrected chi connectivity index (χ4v) is 3.15. The molecule has 0 bridgehead atoms. The van der Waals surface area contributed by atoms with E-state index in [0.717, 1.165) is 3.84 Å². The van der Waals surface area contributed by atoms with E-state index in [1.807, 2.05) is 0 Å².